The Morgan fingerprint density at radius 3 is 2.42 bits per heavy atom. The van der Waals surface area contributed by atoms with Gasteiger partial charge >= 0.3 is 0 Å². The second-order valence-corrected chi connectivity index (χ2v) is 4.02. The van der Waals surface area contributed by atoms with E-state index in [-0.39, 0.29) is 25.2 Å². The van der Waals surface area contributed by atoms with E-state index in [0.29, 0.717) is 24.5 Å². The number of para-hydroxylation sites is 2. The predicted molar refractivity (Wildman–Crippen MR) is 72.4 cm³/mol. The zero-order chi connectivity index (χ0) is 14.1. The van der Waals surface area contributed by atoms with Crippen LogP contribution < -0.4 is 14.8 Å². The van der Waals surface area contributed by atoms with Gasteiger partial charge in [-0.3, -0.25) is 4.79 Å². The number of ether oxygens (including phenoxy) is 2. The number of carbonyl (C=O) groups excluding carboxylic acids is 1. The minimum Gasteiger partial charge on any atom is -0.490 e. The molecule has 0 aliphatic carbocycles. The first kappa shape index (κ1) is 15.3. The molecule has 106 valence electrons. The van der Waals surface area contributed by atoms with Crippen LogP contribution >= 0.6 is 0 Å². The lowest BCUT2D eigenvalue weighted by molar-refractivity contribution is -0.124. The molecule has 5 heteroatoms. The van der Waals surface area contributed by atoms with Gasteiger partial charge in [0, 0.05) is 0 Å². The van der Waals surface area contributed by atoms with Crippen molar-refractivity contribution in [3.63, 3.8) is 0 Å². The van der Waals surface area contributed by atoms with Gasteiger partial charge < -0.3 is 19.9 Å². The third-order valence-electron chi connectivity index (χ3n) is 2.59. The lowest BCUT2D eigenvalue weighted by Gasteiger charge is -2.15. The molecular formula is C14H21NO4. The largest absolute Gasteiger partial charge is 0.490 e. The van der Waals surface area contributed by atoms with Gasteiger partial charge in [-0.1, -0.05) is 19.1 Å². The zero-order valence-electron chi connectivity index (χ0n) is 11.4. The molecular weight excluding hydrogens is 246 g/mol. The molecule has 0 radical (unpaired) electrons. The molecule has 0 aliphatic rings. The van der Waals surface area contributed by atoms with Crippen molar-refractivity contribution in [3.8, 4) is 11.5 Å². The summed E-state index contributed by atoms with van der Waals surface area (Å²) in [4.78, 5) is 11.6. The molecule has 0 aliphatic heterocycles. The molecule has 0 saturated carbocycles. The molecule has 0 bridgehead atoms. The van der Waals surface area contributed by atoms with Gasteiger partial charge in [-0.25, -0.2) is 0 Å². The molecule has 1 rings (SSSR count). The van der Waals surface area contributed by atoms with E-state index >= 15 is 0 Å². The molecule has 1 aromatic rings. The standard InChI is InChI=1S/C14H21NO4/c1-3-11(9-16)15-14(17)10-19-13-8-6-5-7-12(13)18-4-2/h5-8,11,16H,3-4,9-10H2,1-2H3,(H,15,17). The van der Waals surface area contributed by atoms with Crippen LogP contribution in [0.15, 0.2) is 24.3 Å². The van der Waals surface area contributed by atoms with Crippen molar-refractivity contribution in [2.45, 2.75) is 26.3 Å². The summed E-state index contributed by atoms with van der Waals surface area (Å²) in [7, 11) is 0. The molecule has 0 fully saturated rings. The lowest BCUT2D eigenvalue weighted by atomic mass is 10.2. The fourth-order valence-corrected chi connectivity index (χ4v) is 1.53. The highest BCUT2D eigenvalue weighted by Gasteiger charge is 2.11. The van der Waals surface area contributed by atoms with Gasteiger partial charge in [0.2, 0.25) is 0 Å². The van der Waals surface area contributed by atoms with Gasteiger partial charge in [-0.2, -0.15) is 0 Å². The Bertz CT molecular complexity index is 391. The maximum absolute atomic E-state index is 11.6. The summed E-state index contributed by atoms with van der Waals surface area (Å²) in [5.74, 6) is 0.899. The van der Waals surface area contributed by atoms with E-state index in [9.17, 15) is 4.79 Å². The van der Waals surface area contributed by atoms with Crippen LogP contribution in [-0.4, -0.2) is 36.9 Å². The van der Waals surface area contributed by atoms with E-state index in [0.717, 1.165) is 0 Å². The number of hydrogen-bond donors (Lipinski definition) is 2. The quantitative estimate of drug-likeness (QED) is 0.746. The van der Waals surface area contributed by atoms with Crippen LogP contribution in [0.25, 0.3) is 0 Å². The van der Waals surface area contributed by atoms with Gasteiger partial charge in [-0.05, 0) is 25.5 Å². The first-order valence-electron chi connectivity index (χ1n) is 6.46. The van der Waals surface area contributed by atoms with Crippen molar-refractivity contribution in [1.29, 1.82) is 0 Å². The fourth-order valence-electron chi connectivity index (χ4n) is 1.53. The molecule has 5 nitrogen and oxygen atoms in total. The number of aliphatic hydroxyl groups excluding tert-OH is 1. The highest BCUT2D eigenvalue weighted by atomic mass is 16.5. The summed E-state index contributed by atoms with van der Waals surface area (Å²) in [6.45, 7) is 4.15. The maximum Gasteiger partial charge on any atom is 0.258 e. The summed E-state index contributed by atoms with van der Waals surface area (Å²) < 4.78 is 10.8. The van der Waals surface area contributed by atoms with Crippen molar-refractivity contribution in [3.05, 3.63) is 24.3 Å². The molecule has 19 heavy (non-hydrogen) atoms. The third kappa shape index (κ3) is 5.18. The highest BCUT2D eigenvalue weighted by Crippen LogP contribution is 2.26. The predicted octanol–water partition coefficient (Wildman–Crippen LogP) is 1.35. The summed E-state index contributed by atoms with van der Waals surface area (Å²) in [6.07, 6.45) is 0.678. The van der Waals surface area contributed by atoms with Crippen molar-refractivity contribution < 1.29 is 19.4 Å². The molecule has 0 spiro atoms. The van der Waals surface area contributed by atoms with E-state index in [1.54, 1.807) is 12.1 Å². The number of amides is 1. The average molecular weight is 267 g/mol. The average Bonchev–Trinajstić information content (AvgIpc) is 2.44. The van der Waals surface area contributed by atoms with Crippen LogP contribution in [-0.2, 0) is 4.79 Å². The topological polar surface area (TPSA) is 67.8 Å². The Kier molecular flexibility index (Phi) is 6.74. The smallest absolute Gasteiger partial charge is 0.258 e. The highest BCUT2D eigenvalue weighted by molar-refractivity contribution is 5.77. The summed E-state index contributed by atoms with van der Waals surface area (Å²) in [5.41, 5.74) is 0. The van der Waals surface area contributed by atoms with Gasteiger partial charge in [-0.15, -0.1) is 0 Å². The second-order valence-electron chi connectivity index (χ2n) is 4.02. The molecule has 1 amide bonds. The SMILES string of the molecule is CCOc1ccccc1OCC(=O)NC(CC)CO. The molecule has 2 N–H and O–H groups in total. The molecule has 0 heterocycles. The second kappa shape index (κ2) is 8.37. The number of rotatable bonds is 8. The van der Waals surface area contributed by atoms with Crippen LogP contribution in [0.4, 0.5) is 0 Å². The zero-order valence-corrected chi connectivity index (χ0v) is 11.4. The first-order valence-corrected chi connectivity index (χ1v) is 6.46. The number of hydrogen-bond acceptors (Lipinski definition) is 4. The van der Waals surface area contributed by atoms with Crippen molar-refractivity contribution in [2.75, 3.05) is 19.8 Å². The lowest BCUT2D eigenvalue weighted by Crippen LogP contribution is -2.39. The Morgan fingerprint density at radius 1 is 1.26 bits per heavy atom. The maximum atomic E-state index is 11.6. The molecule has 1 atom stereocenters. The number of benzene rings is 1. The number of aliphatic hydroxyl groups is 1. The van der Waals surface area contributed by atoms with Crippen LogP contribution in [0.1, 0.15) is 20.3 Å². The summed E-state index contributed by atoms with van der Waals surface area (Å²) >= 11 is 0. The Balaban J connectivity index is 2.50. The van der Waals surface area contributed by atoms with Gasteiger partial charge in [0.25, 0.3) is 5.91 Å². The molecule has 0 aromatic heterocycles. The monoisotopic (exact) mass is 267 g/mol. The van der Waals surface area contributed by atoms with E-state index in [2.05, 4.69) is 5.32 Å². The molecule has 1 unspecified atom stereocenters. The Hall–Kier alpha value is -1.75. The van der Waals surface area contributed by atoms with E-state index in [1.165, 1.54) is 0 Å². The number of carbonyl (C=O) groups is 1. The van der Waals surface area contributed by atoms with Crippen LogP contribution in [0.5, 0.6) is 11.5 Å². The van der Waals surface area contributed by atoms with Crippen molar-refractivity contribution in [2.24, 2.45) is 0 Å². The van der Waals surface area contributed by atoms with Crippen molar-refractivity contribution in [1.82, 2.24) is 5.32 Å². The van der Waals surface area contributed by atoms with Crippen LogP contribution in [0, 0.1) is 0 Å². The minimum atomic E-state index is -0.257. The molecule has 0 saturated heterocycles. The summed E-state index contributed by atoms with van der Waals surface area (Å²) in [6, 6.07) is 6.98. The van der Waals surface area contributed by atoms with Crippen LogP contribution in [0.2, 0.25) is 0 Å². The van der Waals surface area contributed by atoms with Crippen molar-refractivity contribution >= 4 is 5.91 Å². The normalized spacial score (nSPS) is 11.7. The summed E-state index contributed by atoms with van der Waals surface area (Å²) in [5, 5.41) is 11.7. The van der Waals surface area contributed by atoms with Gasteiger partial charge in [0.05, 0.1) is 19.3 Å². The van der Waals surface area contributed by atoms with Crippen LogP contribution in [0.3, 0.4) is 0 Å². The minimum absolute atomic E-state index is 0.0717. The third-order valence-corrected chi connectivity index (χ3v) is 2.59. The Morgan fingerprint density at radius 2 is 1.89 bits per heavy atom. The number of nitrogens with one attached hydrogen (secondary N) is 1. The first-order chi connectivity index (χ1) is 9.21. The van der Waals surface area contributed by atoms with Gasteiger partial charge in [0.15, 0.2) is 18.1 Å². The van der Waals surface area contributed by atoms with E-state index in [1.807, 2.05) is 26.0 Å². The van der Waals surface area contributed by atoms with E-state index in [4.69, 9.17) is 14.6 Å². The van der Waals surface area contributed by atoms with E-state index < -0.39 is 0 Å². The van der Waals surface area contributed by atoms with Gasteiger partial charge in [0.1, 0.15) is 0 Å². The Labute approximate surface area is 113 Å². The molecule has 1 aromatic carbocycles. The fraction of sp³-hybridized carbons (Fsp3) is 0.500.